The van der Waals surface area contributed by atoms with Crippen molar-refractivity contribution in [2.45, 2.75) is 32.4 Å². The average Bonchev–Trinajstić information content (AvgIpc) is 3.20. The molecule has 1 aromatic rings. The van der Waals surface area contributed by atoms with Gasteiger partial charge in [0.1, 0.15) is 12.4 Å². The predicted octanol–water partition coefficient (Wildman–Crippen LogP) is 1.29. The first-order chi connectivity index (χ1) is 13.8. The van der Waals surface area contributed by atoms with Crippen LogP contribution in [0.2, 0.25) is 0 Å². The summed E-state index contributed by atoms with van der Waals surface area (Å²) in [5.41, 5.74) is 7.16. The molecule has 0 saturated carbocycles. The molecule has 28 heavy (non-hydrogen) atoms. The molecule has 2 aliphatic rings. The maximum atomic E-state index is 6.10. The maximum absolute atomic E-state index is 6.10. The van der Waals surface area contributed by atoms with Crippen molar-refractivity contribution >= 4 is 5.96 Å². The lowest BCUT2D eigenvalue weighted by molar-refractivity contribution is 0.0322. The molecule has 0 amide bonds. The predicted molar refractivity (Wildman–Crippen MR) is 113 cm³/mol. The first-order valence-electron chi connectivity index (χ1n) is 10.5. The van der Waals surface area contributed by atoms with Gasteiger partial charge in [-0.25, -0.2) is 4.99 Å². The van der Waals surface area contributed by atoms with Gasteiger partial charge in [-0.3, -0.25) is 9.80 Å². The topological polar surface area (TPSA) is 75.3 Å². The molecule has 1 atom stereocenters. The van der Waals surface area contributed by atoms with Gasteiger partial charge >= 0.3 is 0 Å². The van der Waals surface area contributed by atoms with Crippen LogP contribution in [-0.2, 0) is 11.3 Å². The Balaban J connectivity index is 1.44. The van der Waals surface area contributed by atoms with E-state index in [0.717, 1.165) is 57.3 Å². The van der Waals surface area contributed by atoms with Gasteiger partial charge in [0, 0.05) is 37.8 Å². The van der Waals surface area contributed by atoms with Crippen molar-refractivity contribution in [3.05, 3.63) is 29.8 Å². The summed E-state index contributed by atoms with van der Waals surface area (Å²) in [6.07, 6.45) is 2.50. The second-order valence-corrected chi connectivity index (χ2v) is 7.42. The second-order valence-electron chi connectivity index (χ2n) is 7.42. The zero-order valence-electron chi connectivity index (χ0n) is 17.1. The van der Waals surface area contributed by atoms with E-state index in [1.165, 1.54) is 19.4 Å². The van der Waals surface area contributed by atoms with Gasteiger partial charge in [-0.2, -0.15) is 0 Å². The summed E-state index contributed by atoms with van der Waals surface area (Å²) in [6.45, 7) is 11.1. The molecule has 0 radical (unpaired) electrons. The van der Waals surface area contributed by atoms with E-state index in [4.69, 9.17) is 15.2 Å². The number of nitrogens with two attached hydrogens (primary N) is 1. The SMILES string of the molecule is CCN1CCCC1CNC(N)=NCc1ccccc1OCCN1CCOCC1. The fourth-order valence-corrected chi connectivity index (χ4v) is 3.88. The summed E-state index contributed by atoms with van der Waals surface area (Å²) in [5.74, 6) is 1.39. The minimum atomic E-state index is 0.506. The first kappa shape index (κ1) is 20.9. The van der Waals surface area contributed by atoms with Crippen molar-refractivity contribution in [3.8, 4) is 5.75 Å². The van der Waals surface area contributed by atoms with E-state index in [-0.39, 0.29) is 0 Å². The zero-order valence-corrected chi connectivity index (χ0v) is 17.1. The van der Waals surface area contributed by atoms with Gasteiger partial charge in [0.25, 0.3) is 0 Å². The number of ether oxygens (including phenoxy) is 2. The van der Waals surface area contributed by atoms with Gasteiger partial charge in [-0.15, -0.1) is 0 Å². The smallest absolute Gasteiger partial charge is 0.188 e. The van der Waals surface area contributed by atoms with Crippen LogP contribution in [0.3, 0.4) is 0 Å². The van der Waals surface area contributed by atoms with Crippen LogP contribution in [0.5, 0.6) is 5.75 Å². The van der Waals surface area contributed by atoms with Gasteiger partial charge in [0.2, 0.25) is 0 Å². The second kappa shape index (κ2) is 11.2. The monoisotopic (exact) mass is 389 g/mol. The number of morpholine rings is 1. The highest BCUT2D eigenvalue weighted by Gasteiger charge is 2.22. The Kier molecular flexibility index (Phi) is 8.39. The van der Waals surface area contributed by atoms with Crippen molar-refractivity contribution in [1.82, 2.24) is 15.1 Å². The molecule has 2 saturated heterocycles. The number of para-hydroxylation sites is 1. The summed E-state index contributed by atoms with van der Waals surface area (Å²) in [6, 6.07) is 8.64. The molecular formula is C21H35N5O2. The molecule has 156 valence electrons. The largest absolute Gasteiger partial charge is 0.492 e. The Morgan fingerprint density at radius 1 is 1.29 bits per heavy atom. The Morgan fingerprint density at radius 2 is 2.11 bits per heavy atom. The van der Waals surface area contributed by atoms with Crippen LogP contribution >= 0.6 is 0 Å². The molecule has 0 spiro atoms. The van der Waals surface area contributed by atoms with Crippen molar-refractivity contribution in [2.24, 2.45) is 10.7 Å². The molecule has 3 rings (SSSR count). The third-order valence-corrected chi connectivity index (χ3v) is 5.59. The molecule has 0 aromatic heterocycles. The number of aliphatic imine (C=N–C) groups is 1. The van der Waals surface area contributed by atoms with Gasteiger partial charge in [0.15, 0.2) is 5.96 Å². The van der Waals surface area contributed by atoms with Crippen molar-refractivity contribution in [2.75, 3.05) is 59.1 Å². The number of hydrogen-bond acceptors (Lipinski definition) is 5. The highest BCUT2D eigenvalue weighted by molar-refractivity contribution is 5.77. The quantitative estimate of drug-likeness (QED) is 0.490. The molecule has 2 heterocycles. The summed E-state index contributed by atoms with van der Waals surface area (Å²) < 4.78 is 11.4. The molecule has 0 bridgehead atoms. The summed E-state index contributed by atoms with van der Waals surface area (Å²) in [5, 5.41) is 3.29. The minimum Gasteiger partial charge on any atom is -0.492 e. The van der Waals surface area contributed by atoms with Gasteiger partial charge in [-0.1, -0.05) is 25.1 Å². The van der Waals surface area contributed by atoms with E-state index in [0.29, 0.717) is 25.2 Å². The summed E-state index contributed by atoms with van der Waals surface area (Å²) in [4.78, 5) is 9.39. The highest BCUT2D eigenvalue weighted by atomic mass is 16.5. The number of hydrogen-bond donors (Lipinski definition) is 2. The number of guanidine groups is 1. The van der Waals surface area contributed by atoms with Crippen LogP contribution in [0.15, 0.2) is 29.3 Å². The van der Waals surface area contributed by atoms with E-state index >= 15 is 0 Å². The molecule has 1 unspecified atom stereocenters. The minimum absolute atomic E-state index is 0.506. The highest BCUT2D eigenvalue weighted by Crippen LogP contribution is 2.19. The third-order valence-electron chi connectivity index (χ3n) is 5.59. The number of benzene rings is 1. The van der Waals surface area contributed by atoms with E-state index in [1.54, 1.807) is 0 Å². The van der Waals surface area contributed by atoms with Crippen molar-refractivity contribution in [1.29, 1.82) is 0 Å². The first-order valence-corrected chi connectivity index (χ1v) is 10.5. The van der Waals surface area contributed by atoms with E-state index < -0.39 is 0 Å². The standard InChI is InChI=1S/C21H35N5O2/c1-2-26-9-5-7-19(26)17-24-21(22)23-16-18-6-3-4-8-20(18)28-15-12-25-10-13-27-14-11-25/h3-4,6,8,19H,2,5,7,9-17H2,1H3,(H3,22,23,24). The van der Waals surface area contributed by atoms with Gasteiger partial charge < -0.3 is 20.5 Å². The molecule has 7 nitrogen and oxygen atoms in total. The molecule has 7 heteroatoms. The fraction of sp³-hybridized carbons (Fsp3) is 0.667. The van der Waals surface area contributed by atoms with Crippen molar-refractivity contribution < 1.29 is 9.47 Å². The summed E-state index contributed by atoms with van der Waals surface area (Å²) >= 11 is 0. The summed E-state index contributed by atoms with van der Waals surface area (Å²) in [7, 11) is 0. The van der Waals surface area contributed by atoms with E-state index in [9.17, 15) is 0 Å². The Morgan fingerprint density at radius 3 is 2.93 bits per heavy atom. The molecule has 2 fully saturated rings. The Bertz CT molecular complexity index is 619. The Hall–Kier alpha value is -1.83. The lowest BCUT2D eigenvalue weighted by Crippen LogP contribution is -2.42. The van der Waals surface area contributed by atoms with Crippen LogP contribution in [0.4, 0.5) is 0 Å². The van der Waals surface area contributed by atoms with Crippen LogP contribution in [0.1, 0.15) is 25.3 Å². The van der Waals surface area contributed by atoms with E-state index in [2.05, 4.69) is 33.1 Å². The maximum Gasteiger partial charge on any atom is 0.188 e. The van der Waals surface area contributed by atoms with Crippen LogP contribution < -0.4 is 15.8 Å². The fourth-order valence-electron chi connectivity index (χ4n) is 3.88. The number of nitrogens with zero attached hydrogens (tertiary/aromatic N) is 3. The van der Waals surface area contributed by atoms with E-state index in [1.807, 2.05) is 18.2 Å². The Labute approximate surface area is 168 Å². The van der Waals surface area contributed by atoms with Crippen molar-refractivity contribution in [3.63, 3.8) is 0 Å². The molecular weight excluding hydrogens is 354 g/mol. The van der Waals surface area contributed by atoms with Crippen LogP contribution in [0, 0.1) is 0 Å². The zero-order chi connectivity index (χ0) is 19.6. The molecule has 1 aromatic carbocycles. The lowest BCUT2D eigenvalue weighted by Gasteiger charge is -2.26. The normalized spacial score (nSPS) is 21.8. The van der Waals surface area contributed by atoms with Gasteiger partial charge in [0.05, 0.1) is 19.8 Å². The number of rotatable bonds is 9. The number of nitrogens with one attached hydrogen (secondary N) is 1. The lowest BCUT2D eigenvalue weighted by atomic mass is 10.2. The number of likely N-dealkylation sites (tertiary alicyclic amines) is 1. The molecule has 0 aliphatic carbocycles. The third kappa shape index (κ3) is 6.36. The van der Waals surface area contributed by atoms with Gasteiger partial charge in [-0.05, 0) is 32.0 Å². The number of likely N-dealkylation sites (N-methyl/N-ethyl adjacent to an activating group) is 1. The molecule has 2 aliphatic heterocycles. The van der Waals surface area contributed by atoms with Crippen LogP contribution in [-0.4, -0.2) is 80.9 Å². The van der Waals surface area contributed by atoms with Crippen LogP contribution in [0.25, 0.3) is 0 Å². The molecule has 3 N–H and O–H groups in total. The average molecular weight is 390 g/mol.